The van der Waals surface area contributed by atoms with E-state index in [2.05, 4.69) is 35.2 Å². The molecule has 2 saturated carbocycles. The molecule has 2 aromatic rings. The summed E-state index contributed by atoms with van der Waals surface area (Å²) in [6, 6.07) is 4.46. The highest BCUT2D eigenvalue weighted by Gasteiger charge is 2.51. The van der Waals surface area contributed by atoms with E-state index < -0.39 is 5.54 Å². The Balaban J connectivity index is 1.52. The summed E-state index contributed by atoms with van der Waals surface area (Å²) < 4.78 is 3.23. The first-order chi connectivity index (χ1) is 14.9. The van der Waals surface area contributed by atoms with Crippen LogP contribution in [-0.4, -0.2) is 38.9 Å². The van der Waals surface area contributed by atoms with Gasteiger partial charge in [-0.05, 0) is 55.5 Å². The molecule has 0 saturated heterocycles. The van der Waals surface area contributed by atoms with Crippen LogP contribution in [0.2, 0.25) is 0 Å². The second-order valence-corrected chi connectivity index (χ2v) is 11.3. The highest BCUT2D eigenvalue weighted by molar-refractivity contribution is 7.17. The van der Waals surface area contributed by atoms with Gasteiger partial charge in [0.2, 0.25) is 5.91 Å². The van der Waals surface area contributed by atoms with Crippen LogP contribution in [0.5, 0.6) is 0 Å². The van der Waals surface area contributed by atoms with Crippen molar-refractivity contribution in [2.45, 2.75) is 96.3 Å². The summed E-state index contributed by atoms with van der Waals surface area (Å²) in [6.07, 6.45) is 8.94. The lowest BCUT2D eigenvalue weighted by Crippen LogP contribution is -2.68. The lowest BCUT2D eigenvalue weighted by atomic mass is 9.77. The summed E-state index contributed by atoms with van der Waals surface area (Å²) in [6.45, 7) is 7.10. The predicted octanol–water partition coefficient (Wildman–Crippen LogP) is 5.19. The van der Waals surface area contributed by atoms with E-state index in [0.717, 1.165) is 54.4 Å². The van der Waals surface area contributed by atoms with Gasteiger partial charge in [0.25, 0.3) is 5.91 Å². The first kappa shape index (κ1) is 21.0. The summed E-state index contributed by atoms with van der Waals surface area (Å²) in [5.41, 5.74) is 0.966. The molecule has 4 unspecified atom stereocenters. The van der Waals surface area contributed by atoms with Gasteiger partial charge in [0, 0.05) is 12.1 Å². The Bertz CT molecular complexity index is 988. The zero-order valence-corrected chi connectivity index (χ0v) is 19.8. The van der Waals surface area contributed by atoms with Crippen LogP contribution in [0.15, 0.2) is 17.5 Å². The number of nitrogens with one attached hydrogen (secondary N) is 1. The molecule has 3 heterocycles. The van der Waals surface area contributed by atoms with E-state index in [4.69, 9.17) is 0 Å². The highest BCUT2D eigenvalue weighted by Crippen LogP contribution is 2.39. The molecule has 6 heteroatoms. The Kier molecular flexibility index (Phi) is 5.40. The summed E-state index contributed by atoms with van der Waals surface area (Å²) in [4.78, 5) is 29.8. The van der Waals surface area contributed by atoms with Crippen molar-refractivity contribution in [1.29, 1.82) is 0 Å². The van der Waals surface area contributed by atoms with Crippen molar-refractivity contribution in [3.63, 3.8) is 0 Å². The summed E-state index contributed by atoms with van der Waals surface area (Å²) in [7, 11) is 0. The van der Waals surface area contributed by atoms with Crippen molar-refractivity contribution >= 4 is 33.4 Å². The van der Waals surface area contributed by atoms with E-state index in [1.54, 1.807) is 11.3 Å². The number of fused-ring (bicyclic) bond motifs is 3. The fourth-order valence-corrected chi connectivity index (χ4v) is 7.08. The number of rotatable bonds is 3. The molecule has 5 rings (SSSR count). The quantitative estimate of drug-likeness (QED) is 0.712. The number of carbonyl (C=O) groups excluding carboxylic acids is 2. The Labute approximate surface area is 189 Å². The van der Waals surface area contributed by atoms with Gasteiger partial charge in [-0.3, -0.25) is 9.59 Å². The largest absolute Gasteiger partial charge is 0.351 e. The monoisotopic (exact) mass is 441 g/mol. The van der Waals surface area contributed by atoms with E-state index >= 15 is 0 Å². The lowest BCUT2D eigenvalue weighted by Gasteiger charge is -2.49. The summed E-state index contributed by atoms with van der Waals surface area (Å²) in [5.74, 6) is 1.15. The maximum Gasteiger partial charge on any atom is 0.271 e. The van der Waals surface area contributed by atoms with Crippen LogP contribution in [0.1, 0.15) is 82.6 Å². The summed E-state index contributed by atoms with van der Waals surface area (Å²) in [5, 5.41) is 5.49. The third-order valence-corrected chi connectivity index (χ3v) is 9.26. The fourth-order valence-electron chi connectivity index (χ4n) is 6.26. The molecule has 2 aliphatic carbocycles. The van der Waals surface area contributed by atoms with Gasteiger partial charge in [0.1, 0.15) is 11.2 Å². The van der Waals surface area contributed by atoms with E-state index in [1.165, 1.54) is 12.8 Å². The van der Waals surface area contributed by atoms with Crippen LogP contribution < -0.4 is 5.32 Å². The van der Waals surface area contributed by atoms with Crippen molar-refractivity contribution in [2.24, 2.45) is 11.8 Å². The first-order valence-corrected chi connectivity index (χ1v) is 13.0. The van der Waals surface area contributed by atoms with Crippen molar-refractivity contribution in [3.8, 4) is 0 Å². The zero-order valence-electron chi connectivity index (χ0n) is 19.0. The van der Waals surface area contributed by atoms with Crippen LogP contribution >= 0.6 is 11.3 Å². The Hall–Kier alpha value is -1.82. The van der Waals surface area contributed by atoms with Gasteiger partial charge in [0.05, 0.1) is 16.8 Å². The van der Waals surface area contributed by atoms with Crippen LogP contribution in [-0.2, 0) is 11.3 Å². The molecule has 0 aromatic carbocycles. The standard InChI is InChI=1S/C25H35N3O2S/c1-16-8-7-11-19(17(16)2)26-24(30)25(3)15-27-20-12-13-31-22(20)14-21(27)23(29)28(25)18-9-5-4-6-10-18/h12-14,16-19H,4-11,15H2,1-3H3,(H,26,30). The minimum Gasteiger partial charge on any atom is -0.351 e. The number of aromatic nitrogens is 1. The van der Waals surface area contributed by atoms with Gasteiger partial charge in [0.15, 0.2) is 0 Å². The lowest BCUT2D eigenvalue weighted by molar-refractivity contribution is -0.136. The van der Waals surface area contributed by atoms with E-state index in [9.17, 15) is 9.59 Å². The van der Waals surface area contributed by atoms with Gasteiger partial charge < -0.3 is 14.8 Å². The number of carbonyl (C=O) groups is 2. The molecule has 168 valence electrons. The van der Waals surface area contributed by atoms with Crippen LogP contribution in [0.25, 0.3) is 10.2 Å². The normalized spacial score (nSPS) is 32.3. The molecule has 4 atom stereocenters. The molecule has 3 aliphatic rings. The number of hydrogen-bond acceptors (Lipinski definition) is 3. The second kappa shape index (κ2) is 7.95. The molecule has 1 aliphatic heterocycles. The smallest absolute Gasteiger partial charge is 0.271 e. The molecule has 2 amide bonds. The van der Waals surface area contributed by atoms with Crippen molar-refractivity contribution in [2.75, 3.05) is 0 Å². The highest BCUT2D eigenvalue weighted by atomic mass is 32.1. The molecular weight excluding hydrogens is 406 g/mol. The van der Waals surface area contributed by atoms with Crippen molar-refractivity contribution in [3.05, 3.63) is 23.2 Å². The third kappa shape index (κ3) is 3.42. The predicted molar refractivity (Wildman–Crippen MR) is 125 cm³/mol. The molecule has 2 fully saturated rings. The van der Waals surface area contributed by atoms with E-state index in [0.29, 0.717) is 18.4 Å². The fraction of sp³-hybridized carbons (Fsp3) is 0.680. The average molecular weight is 442 g/mol. The van der Waals surface area contributed by atoms with Gasteiger partial charge in [-0.1, -0.05) is 46.0 Å². The van der Waals surface area contributed by atoms with E-state index in [-0.39, 0.29) is 23.9 Å². The van der Waals surface area contributed by atoms with Crippen LogP contribution in [0.3, 0.4) is 0 Å². The second-order valence-electron chi connectivity index (χ2n) is 10.4. The molecular formula is C25H35N3O2S. The Morgan fingerprint density at radius 1 is 1.13 bits per heavy atom. The number of nitrogens with zero attached hydrogens (tertiary/aromatic N) is 2. The molecule has 1 N–H and O–H groups in total. The van der Waals surface area contributed by atoms with Crippen LogP contribution in [0, 0.1) is 11.8 Å². The summed E-state index contributed by atoms with van der Waals surface area (Å²) >= 11 is 1.67. The molecule has 5 nitrogen and oxygen atoms in total. The average Bonchev–Trinajstić information content (AvgIpc) is 3.35. The molecule has 0 bridgehead atoms. The van der Waals surface area contributed by atoms with Gasteiger partial charge in [-0.2, -0.15) is 0 Å². The minimum atomic E-state index is -0.861. The van der Waals surface area contributed by atoms with Crippen molar-refractivity contribution in [1.82, 2.24) is 14.8 Å². The van der Waals surface area contributed by atoms with Gasteiger partial charge >= 0.3 is 0 Å². The maximum absolute atomic E-state index is 13.9. The van der Waals surface area contributed by atoms with Crippen molar-refractivity contribution < 1.29 is 9.59 Å². The third-order valence-electron chi connectivity index (χ3n) is 8.41. The molecule has 31 heavy (non-hydrogen) atoms. The van der Waals surface area contributed by atoms with Crippen LogP contribution in [0.4, 0.5) is 0 Å². The topological polar surface area (TPSA) is 54.3 Å². The Morgan fingerprint density at radius 3 is 2.68 bits per heavy atom. The van der Waals surface area contributed by atoms with Gasteiger partial charge in [-0.25, -0.2) is 0 Å². The number of amides is 2. The first-order valence-electron chi connectivity index (χ1n) is 12.1. The number of thiophene rings is 1. The Morgan fingerprint density at radius 2 is 1.90 bits per heavy atom. The molecule has 2 aromatic heterocycles. The minimum absolute atomic E-state index is 0.0279. The maximum atomic E-state index is 13.9. The zero-order chi connectivity index (χ0) is 21.8. The molecule has 0 radical (unpaired) electrons. The van der Waals surface area contributed by atoms with Gasteiger partial charge in [-0.15, -0.1) is 11.3 Å². The number of hydrogen-bond donors (Lipinski definition) is 1. The van der Waals surface area contributed by atoms with E-state index in [1.807, 2.05) is 17.9 Å². The SMILES string of the molecule is CC1CCCC(NC(=O)C2(C)Cn3c(cc4sccc43)C(=O)N2C2CCCCC2)C1C. The molecule has 0 spiro atoms.